The summed E-state index contributed by atoms with van der Waals surface area (Å²) in [6.45, 7) is 4.60. The van der Waals surface area contributed by atoms with Gasteiger partial charge in [-0.3, -0.25) is 0 Å². The number of likely N-dealkylation sites (N-methyl/N-ethyl adjacent to an activating group) is 1. The second kappa shape index (κ2) is 16.8. The van der Waals surface area contributed by atoms with Crippen molar-refractivity contribution < 1.29 is 4.48 Å². The Morgan fingerprint density at radius 2 is 1.04 bits per heavy atom. The van der Waals surface area contributed by atoms with E-state index in [2.05, 4.69) is 27.1 Å². The molecule has 23 heavy (non-hydrogen) atoms. The lowest BCUT2D eigenvalue weighted by atomic mass is 10.0. The summed E-state index contributed by atoms with van der Waals surface area (Å²) in [5, 5.41) is 0. The van der Waals surface area contributed by atoms with E-state index < -0.39 is 0 Å². The van der Waals surface area contributed by atoms with Gasteiger partial charge in [0.05, 0.1) is 27.2 Å². The third-order valence-corrected chi connectivity index (χ3v) is 4.98. The van der Waals surface area contributed by atoms with E-state index in [4.69, 9.17) is 11.6 Å². The predicted molar refractivity (Wildman–Crippen MR) is 107 cm³/mol. The first-order chi connectivity index (χ1) is 11.1. The van der Waals surface area contributed by atoms with Gasteiger partial charge in [-0.15, -0.1) is 0 Å². The summed E-state index contributed by atoms with van der Waals surface area (Å²) in [6, 6.07) is 0. The molecule has 0 atom stereocenters. The topological polar surface area (TPSA) is 0 Å². The highest BCUT2D eigenvalue weighted by Crippen LogP contribution is 2.13. The molecule has 0 saturated carbocycles. The van der Waals surface area contributed by atoms with Crippen LogP contribution in [0.2, 0.25) is 0 Å². The fourth-order valence-electron chi connectivity index (χ4n) is 3.15. The smallest absolute Gasteiger partial charge is 0.0981 e. The van der Waals surface area contributed by atoms with Gasteiger partial charge < -0.3 is 4.48 Å². The Morgan fingerprint density at radius 1 is 0.652 bits per heavy atom. The fourth-order valence-corrected chi connectivity index (χ4v) is 3.23. The van der Waals surface area contributed by atoms with E-state index in [0.717, 1.165) is 11.0 Å². The van der Waals surface area contributed by atoms with Gasteiger partial charge >= 0.3 is 0 Å². The van der Waals surface area contributed by atoms with Crippen LogP contribution in [0.4, 0.5) is 0 Å². The maximum atomic E-state index is 5.61. The molecule has 0 rings (SSSR count). The molecule has 0 unspecified atom stereocenters. The van der Waals surface area contributed by atoms with Gasteiger partial charge in [0.1, 0.15) is 0 Å². The Hall–Kier alpha value is -0.0100. The van der Waals surface area contributed by atoms with E-state index in [1.54, 1.807) is 5.54 Å². The van der Waals surface area contributed by atoms with Gasteiger partial charge in [0.15, 0.2) is 0 Å². The molecule has 0 amide bonds. The first-order valence-electron chi connectivity index (χ1n) is 10.2. The van der Waals surface area contributed by atoms with E-state index >= 15 is 0 Å². The van der Waals surface area contributed by atoms with Crippen LogP contribution in [0.25, 0.3) is 0 Å². The average Bonchev–Trinajstić information content (AvgIpc) is 2.53. The largest absolute Gasteiger partial charge is 0.325 e. The molecular weight excluding hydrogens is 302 g/mol. The zero-order valence-corrected chi connectivity index (χ0v) is 17.0. The SMILES string of the molecule is CCCCCCCCCCCCCCCC[N+](C)(C)CC=CCl. The number of hydrogen-bond donors (Lipinski definition) is 0. The summed E-state index contributed by atoms with van der Waals surface area (Å²) >= 11 is 5.61. The second-order valence-corrected chi connectivity index (χ2v) is 8.05. The highest BCUT2D eigenvalue weighted by molar-refractivity contribution is 6.25. The van der Waals surface area contributed by atoms with Gasteiger partial charge in [0.2, 0.25) is 0 Å². The van der Waals surface area contributed by atoms with E-state index in [1.165, 1.54) is 96.4 Å². The van der Waals surface area contributed by atoms with Crippen LogP contribution in [0.5, 0.6) is 0 Å². The van der Waals surface area contributed by atoms with Crippen LogP contribution in [0.3, 0.4) is 0 Å². The van der Waals surface area contributed by atoms with Crippen LogP contribution < -0.4 is 0 Å². The molecule has 0 spiro atoms. The summed E-state index contributed by atoms with van der Waals surface area (Å²) in [5.74, 6) is 0. The van der Waals surface area contributed by atoms with Gasteiger partial charge in [0, 0.05) is 5.54 Å². The van der Waals surface area contributed by atoms with Gasteiger partial charge in [-0.2, -0.15) is 0 Å². The lowest BCUT2D eigenvalue weighted by molar-refractivity contribution is -0.884. The quantitative estimate of drug-likeness (QED) is 0.192. The fraction of sp³-hybridized carbons (Fsp3) is 0.905. The number of halogens is 1. The first-order valence-corrected chi connectivity index (χ1v) is 10.6. The molecule has 0 saturated heterocycles. The van der Waals surface area contributed by atoms with E-state index in [-0.39, 0.29) is 0 Å². The number of rotatable bonds is 17. The standard InChI is InChI=1S/C21H43ClN/c1-4-5-6-7-8-9-10-11-12-13-14-15-16-17-20-23(2,3)21-18-19-22/h18-19H,4-17,20-21H2,1-3H3/q+1. The van der Waals surface area contributed by atoms with Crippen LogP contribution in [-0.4, -0.2) is 31.7 Å². The number of quaternary nitrogens is 1. The molecular formula is C21H43ClN+. The van der Waals surface area contributed by atoms with Crippen LogP contribution in [0.1, 0.15) is 96.8 Å². The van der Waals surface area contributed by atoms with Gasteiger partial charge in [-0.05, 0) is 18.9 Å². The first kappa shape index (κ1) is 23.0. The molecule has 0 aliphatic rings. The van der Waals surface area contributed by atoms with E-state index in [0.29, 0.717) is 0 Å². The minimum atomic E-state index is 1.04. The van der Waals surface area contributed by atoms with Crippen LogP contribution in [-0.2, 0) is 0 Å². The molecule has 0 fully saturated rings. The van der Waals surface area contributed by atoms with Crippen molar-refractivity contribution in [3.05, 3.63) is 11.6 Å². The zero-order chi connectivity index (χ0) is 17.2. The van der Waals surface area contributed by atoms with Crippen molar-refractivity contribution in [2.75, 3.05) is 27.2 Å². The number of unbranched alkanes of at least 4 members (excludes halogenated alkanes) is 13. The van der Waals surface area contributed by atoms with Crippen molar-refractivity contribution in [3.8, 4) is 0 Å². The number of hydrogen-bond acceptors (Lipinski definition) is 0. The maximum absolute atomic E-state index is 5.61. The van der Waals surface area contributed by atoms with Crippen LogP contribution in [0, 0.1) is 0 Å². The zero-order valence-electron chi connectivity index (χ0n) is 16.3. The summed E-state index contributed by atoms with van der Waals surface area (Å²) in [4.78, 5) is 0. The molecule has 0 bridgehead atoms. The summed E-state index contributed by atoms with van der Waals surface area (Å²) < 4.78 is 1.06. The Bertz CT molecular complexity index is 261. The molecule has 0 aromatic carbocycles. The van der Waals surface area contributed by atoms with Crippen molar-refractivity contribution in [3.63, 3.8) is 0 Å². The third-order valence-electron chi connectivity index (χ3n) is 4.81. The van der Waals surface area contributed by atoms with Gasteiger partial charge in [-0.25, -0.2) is 0 Å². The number of nitrogens with zero attached hydrogens (tertiary/aromatic N) is 1. The summed E-state index contributed by atoms with van der Waals surface area (Å²) in [5.41, 5.74) is 1.64. The van der Waals surface area contributed by atoms with Crippen LogP contribution >= 0.6 is 11.6 Å². The van der Waals surface area contributed by atoms with Crippen molar-refractivity contribution in [1.29, 1.82) is 0 Å². The van der Waals surface area contributed by atoms with Crippen LogP contribution in [0.15, 0.2) is 11.6 Å². The molecule has 138 valence electrons. The molecule has 0 N–H and O–H groups in total. The molecule has 1 nitrogen and oxygen atoms in total. The highest BCUT2D eigenvalue weighted by Gasteiger charge is 2.11. The van der Waals surface area contributed by atoms with E-state index in [1.807, 2.05) is 0 Å². The molecule has 0 aliphatic carbocycles. The molecule has 0 aliphatic heterocycles. The summed E-state index contributed by atoms with van der Waals surface area (Å²) in [6.07, 6.45) is 22.1. The Morgan fingerprint density at radius 3 is 1.43 bits per heavy atom. The van der Waals surface area contributed by atoms with Crippen molar-refractivity contribution >= 4 is 11.6 Å². The van der Waals surface area contributed by atoms with Crippen molar-refractivity contribution in [2.24, 2.45) is 0 Å². The van der Waals surface area contributed by atoms with Crippen molar-refractivity contribution in [1.82, 2.24) is 0 Å². The molecule has 0 aromatic heterocycles. The second-order valence-electron chi connectivity index (χ2n) is 7.80. The minimum absolute atomic E-state index is 1.04. The molecule has 0 heterocycles. The van der Waals surface area contributed by atoms with Gasteiger partial charge in [-0.1, -0.05) is 95.6 Å². The summed E-state index contributed by atoms with van der Waals surface area (Å²) in [7, 11) is 4.58. The minimum Gasteiger partial charge on any atom is -0.325 e. The Kier molecular flexibility index (Phi) is 16.8. The predicted octanol–water partition coefficient (Wildman–Crippen LogP) is 7.30. The lowest BCUT2D eigenvalue weighted by Gasteiger charge is -2.28. The van der Waals surface area contributed by atoms with E-state index in [9.17, 15) is 0 Å². The maximum Gasteiger partial charge on any atom is 0.0981 e. The molecule has 2 heteroatoms. The monoisotopic (exact) mass is 344 g/mol. The normalized spacial score (nSPS) is 12.3. The van der Waals surface area contributed by atoms with Crippen molar-refractivity contribution in [2.45, 2.75) is 96.8 Å². The highest BCUT2D eigenvalue weighted by atomic mass is 35.5. The third kappa shape index (κ3) is 18.2. The molecule has 0 aromatic rings. The van der Waals surface area contributed by atoms with Gasteiger partial charge in [0.25, 0.3) is 0 Å². The Balaban J connectivity index is 3.19. The Labute approximate surface area is 152 Å². The average molecular weight is 345 g/mol. The molecule has 0 radical (unpaired) electrons. The lowest BCUT2D eigenvalue weighted by Crippen LogP contribution is -2.40.